The maximum Gasteiger partial charge on any atom is 0.255 e. The van der Waals surface area contributed by atoms with E-state index in [9.17, 15) is 14.0 Å². The third-order valence-electron chi connectivity index (χ3n) is 6.14. The molecule has 0 atom stereocenters. The molecule has 5 nitrogen and oxygen atoms in total. The van der Waals surface area contributed by atoms with Gasteiger partial charge in [-0.1, -0.05) is 18.6 Å². The Bertz CT molecular complexity index is 1130. The van der Waals surface area contributed by atoms with Crippen LogP contribution in [0.4, 0.5) is 10.1 Å². The van der Waals surface area contributed by atoms with Gasteiger partial charge in [0, 0.05) is 47.8 Å². The molecular formula is C25H23FN2O3. The highest BCUT2D eigenvalue weighted by Gasteiger charge is 2.32. The monoisotopic (exact) mass is 418 g/mol. The van der Waals surface area contributed by atoms with Crippen molar-refractivity contribution in [1.82, 2.24) is 4.90 Å². The zero-order valence-corrected chi connectivity index (χ0v) is 17.1. The van der Waals surface area contributed by atoms with E-state index in [1.807, 2.05) is 29.2 Å². The summed E-state index contributed by atoms with van der Waals surface area (Å²) in [7, 11) is 0. The van der Waals surface area contributed by atoms with E-state index in [-0.39, 0.29) is 23.5 Å². The van der Waals surface area contributed by atoms with Crippen molar-refractivity contribution < 1.29 is 18.4 Å². The molecule has 0 spiro atoms. The molecule has 0 radical (unpaired) electrons. The third kappa shape index (κ3) is 3.98. The average Bonchev–Trinajstić information content (AvgIpc) is 3.16. The summed E-state index contributed by atoms with van der Waals surface area (Å²) in [6.07, 6.45) is 3.89. The van der Waals surface area contributed by atoms with E-state index >= 15 is 0 Å². The van der Waals surface area contributed by atoms with E-state index in [1.54, 1.807) is 6.07 Å². The fraction of sp³-hybridized carbons (Fsp3) is 0.280. The Morgan fingerprint density at radius 3 is 2.61 bits per heavy atom. The molecule has 31 heavy (non-hydrogen) atoms. The average molecular weight is 418 g/mol. The van der Waals surface area contributed by atoms with Gasteiger partial charge in [0.15, 0.2) is 0 Å². The van der Waals surface area contributed by atoms with Crippen LogP contribution in [0, 0.1) is 11.7 Å². The highest BCUT2D eigenvalue weighted by molar-refractivity contribution is 6.04. The van der Waals surface area contributed by atoms with Gasteiger partial charge in [-0.05, 0) is 55.3 Å². The Kier molecular flexibility index (Phi) is 5.06. The summed E-state index contributed by atoms with van der Waals surface area (Å²) >= 11 is 0. The van der Waals surface area contributed by atoms with Gasteiger partial charge in [0.2, 0.25) is 5.91 Å². The molecule has 6 heteroatoms. The number of nitrogens with one attached hydrogen (secondary N) is 1. The van der Waals surface area contributed by atoms with Crippen molar-refractivity contribution in [2.75, 3.05) is 11.9 Å². The molecular weight excluding hydrogens is 395 g/mol. The number of benzene rings is 2. The first-order valence-electron chi connectivity index (χ1n) is 10.6. The van der Waals surface area contributed by atoms with Crippen LogP contribution in [-0.4, -0.2) is 23.3 Å². The number of nitrogens with zero attached hydrogens (tertiary/aromatic N) is 1. The van der Waals surface area contributed by atoms with Gasteiger partial charge in [-0.15, -0.1) is 0 Å². The Balaban J connectivity index is 1.31. The van der Waals surface area contributed by atoms with Crippen molar-refractivity contribution in [2.24, 2.45) is 5.92 Å². The lowest BCUT2D eigenvalue weighted by atomic mass is 9.84. The Hall–Kier alpha value is -3.41. The first-order chi connectivity index (χ1) is 15.1. The molecule has 2 aromatic carbocycles. The van der Waals surface area contributed by atoms with Crippen LogP contribution in [0.25, 0.3) is 11.3 Å². The van der Waals surface area contributed by atoms with Crippen LogP contribution < -0.4 is 5.32 Å². The van der Waals surface area contributed by atoms with Crippen LogP contribution in [0.1, 0.15) is 40.9 Å². The van der Waals surface area contributed by atoms with Gasteiger partial charge in [-0.3, -0.25) is 9.59 Å². The molecule has 1 N–H and O–H groups in total. The number of halogens is 1. The third-order valence-corrected chi connectivity index (χ3v) is 6.14. The quantitative estimate of drug-likeness (QED) is 0.647. The summed E-state index contributed by atoms with van der Waals surface area (Å²) in [5, 5.41) is 2.84. The van der Waals surface area contributed by atoms with Gasteiger partial charge in [0.05, 0.1) is 0 Å². The van der Waals surface area contributed by atoms with E-state index in [0.29, 0.717) is 24.3 Å². The number of rotatable bonds is 4. The molecule has 2 amide bonds. The largest absolute Gasteiger partial charge is 0.461 e. The maximum atomic E-state index is 13.1. The van der Waals surface area contributed by atoms with Crippen molar-refractivity contribution >= 4 is 17.5 Å². The summed E-state index contributed by atoms with van der Waals surface area (Å²) < 4.78 is 19.2. The molecule has 1 aliphatic heterocycles. The molecule has 2 heterocycles. The van der Waals surface area contributed by atoms with Crippen LogP contribution in [0.3, 0.4) is 0 Å². The van der Waals surface area contributed by atoms with Crippen molar-refractivity contribution in [3.63, 3.8) is 0 Å². The maximum absolute atomic E-state index is 13.1. The smallest absolute Gasteiger partial charge is 0.255 e. The fourth-order valence-electron chi connectivity index (χ4n) is 4.13. The number of furan rings is 1. The van der Waals surface area contributed by atoms with Crippen LogP contribution in [0.15, 0.2) is 59.0 Å². The Morgan fingerprint density at radius 1 is 1.06 bits per heavy atom. The van der Waals surface area contributed by atoms with E-state index in [2.05, 4.69) is 5.32 Å². The number of amides is 2. The summed E-state index contributed by atoms with van der Waals surface area (Å²) in [5.41, 5.74) is 2.91. The van der Waals surface area contributed by atoms with Crippen molar-refractivity contribution in [3.8, 4) is 11.3 Å². The molecule has 5 rings (SSSR count). The molecule has 1 aliphatic carbocycles. The van der Waals surface area contributed by atoms with E-state index in [4.69, 9.17) is 4.42 Å². The minimum absolute atomic E-state index is 0.203. The van der Waals surface area contributed by atoms with Crippen LogP contribution >= 0.6 is 0 Å². The van der Waals surface area contributed by atoms with Gasteiger partial charge in [0.25, 0.3) is 5.91 Å². The predicted molar refractivity (Wildman–Crippen MR) is 115 cm³/mol. The second kappa shape index (κ2) is 8.02. The lowest BCUT2D eigenvalue weighted by Gasteiger charge is -2.33. The van der Waals surface area contributed by atoms with Crippen LogP contribution in [0.2, 0.25) is 0 Å². The minimum atomic E-state index is -0.381. The Morgan fingerprint density at radius 2 is 1.87 bits per heavy atom. The first-order valence-corrected chi connectivity index (χ1v) is 10.6. The van der Waals surface area contributed by atoms with E-state index in [1.165, 1.54) is 24.3 Å². The molecule has 0 bridgehead atoms. The standard InChI is InChI=1S/C25H23FN2O3/c26-20-9-7-16(8-10-20)24(29)27-21-6-2-5-18(13-21)23-14-19-15-28(12-11-22(19)31-23)25(30)17-3-1-4-17/h2,5-10,13-14,17H,1,3-4,11-12,15H2,(H,27,29). The molecule has 1 aromatic heterocycles. The number of carbonyl (C=O) groups is 2. The summed E-state index contributed by atoms with van der Waals surface area (Å²) in [5.74, 6) is 1.43. The Labute approximate surface area is 179 Å². The van der Waals surface area contributed by atoms with Crippen molar-refractivity contribution in [1.29, 1.82) is 0 Å². The number of hydrogen-bond donors (Lipinski definition) is 1. The zero-order chi connectivity index (χ0) is 21.4. The highest BCUT2D eigenvalue weighted by atomic mass is 19.1. The van der Waals surface area contributed by atoms with Gasteiger partial charge in [0.1, 0.15) is 17.3 Å². The SMILES string of the molecule is O=C(Nc1cccc(-c2cc3c(o2)CCN(C(=O)C2CCC2)C3)c1)c1ccc(F)cc1. The number of hydrogen-bond acceptors (Lipinski definition) is 3. The summed E-state index contributed by atoms with van der Waals surface area (Å²) in [6, 6.07) is 14.8. The molecule has 0 unspecified atom stereocenters. The zero-order valence-electron chi connectivity index (χ0n) is 17.1. The normalized spacial score (nSPS) is 15.8. The van der Waals surface area contributed by atoms with Crippen LogP contribution in [0.5, 0.6) is 0 Å². The van der Waals surface area contributed by atoms with Gasteiger partial charge in [-0.2, -0.15) is 0 Å². The lowest BCUT2D eigenvalue weighted by Crippen LogP contribution is -2.41. The van der Waals surface area contributed by atoms with E-state index < -0.39 is 0 Å². The number of carbonyl (C=O) groups excluding carboxylic acids is 2. The second-order valence-electron chi connectivity index (χ2n) is 8.24. The molecule has 1 saturated carbocycles. The molecule has 158 valence electrons. The molecule has 2 aliphatic rings. The van der Waals surface area contributed by atoms with Crippen molar-refractivity contribution in [2.45, 2.75) is 32.2 Å². The molecule has 0 saturated heterocycles. The van der Waals surface area contributed by atoms with Gasteiger partial charge >= 0.3 is 0 Å². The van der Waals surface area contributed by atoms with Crippen molar-refractivity contribution in [3.05, 3.63) is 77.3 Å². The topological polar surface area (TPSA) is 62.6 Å². The second-order valence-corrected chi connectivity index (χ2v) is 8.24. The summed E-state index contributed by atoms with van der Waals surface area (Å²) in [4.78, 5) is 27.0. The van der Waals surface area contributed by atoms with Crippen LogP contribution in [-0.2, 0) is 17.8 Å². The highest BCUT2D eigenvalue weighted by Crippen LogP contribution is 2.33. The predicted octanol–water partition coefficient (Wildman–Crippen LogP) is 5.02. The van der Waals surface area contributed by atoms with Gasteiger partial charge < -0.3 is 14.6 Å². The summed E-state index contributed by atoms with van der Waals surface area (Å²) in [6.45, 7) is 1.29. The number of fused-ring (bicyclic) bond motifs is 1. The molecule has 3 aromatic rings. The van der Waals surface area contributed by atoms with E-state index in [0.717, 1.165) is 48.3 Å². The van der Waals surface area contributed by atoms with Gasteiger partial charge in [-0.25, -0.2) is 4.39 Å². The molecule has 1 fully saturated rings. The fourth-order valence-corrected chi connectivity index (χ4v) is 4.13. The minimum Gasteiger partial charge on any atom is -0.461 e. The first kappa shape index (κ1) is 19.5. The lowest BCUT2D eigenvalue weighted by molar-refractivity contribution is -0.139. The number of anilines is 1.